The molecule has 1 aliphatic rings. The molecule has 1 aromatic heterocycles. The molecule has 1 aromatic carbocycles. The Morgan fingerprint density at radius 3 is 2.41 bits per heavy atom. The number of hydrogen-bond acceptors (Lipinski definition) is 2. The lowest BCUT2D eigenvalue weighted by molar-refractivity contribution is 0.564. The molecule has 2 heterocycles. The number of halogens is 3. The minimum Gasteiger partial charge on any atom is -0.358 e. The lowest BCUT2D eigenvalue weighted by atomic mass is 9.92. The average molecular weight is 363 g/mol. The van der Waals surface area contributed by atoms with Crippen LogP contribution in [-0.4, -0.2) is 9.81 Å². The molecule has 0 saturated carbocycles. The van der Waals surface area contributed by atoms with Gasteiger partial charge in [-0.1, -0.05) is 52.8 Å². The van der Waals surface area contributed by atoms with Gasteiger partial charge in [-0.2, -0.15) is 0 Å². The minimum atomic E-state index is -0.697. The number of allylic oxidation sites excluding steroid dienone is 2. The van der Waals surface area contributed by atoms with Gasteiger partial charge in [0.2, 0.25) is 0 Å². The molecule has 0 amide bonds. The SMILES string of the molecule is C=C1NC(c2c(F)cncc2F)=C(c2ccccc2)CC1Br. The fraction of sp³-hybridized carbons (Fsp3) is 0.118. The highest BCUT2D eigenvalue weighted by Crippen LogP contribution is 2.37. The summed E-state index contributed by atoms with van der Waals surface area (Å²) >= 11 is 3.53. The molecule has 0 spiro atoms. The van der Waals surface area contributed by atoms with Crippen molar-refractivity contribution in [3.05, 3.63) is 77.8 Å². The summed E-state index contributed by atoms with van der Waals surface area (Å²) < 4.78 is 28.3. The first-order chi connectivity index (χ1) is 10.6. The monoisotopic (exact) mass is 362 g/mol. The molecule has 1 N–H and O–H groups in total. The van der Waals surface area contributed by atoms with Gasteiger partial charge in [-0.05, 0) is 17.6 Å². The molecule has 0 fully saturated rings. The fourth-order valence-corrected chi connectivity index (χ4v) is 2.92. The first kappa shape index (κ1) is 14.9. The van der Waals surface area contributed by atoms with Crippen molar-refractivity contribution in [2.24, 2.45) is 0 Å². The third-order valence-corrected chi connectivity index (χ3v) is 4.45. The molecule has 0 saturated heterocycles. The van der Waals surface area contributed by atoms with Crippen molar-refractivity contribution in [3.63, 3.8) is 0 Å². The molecular weight excluding hydrogens is 350 g/mol. The molecule has 2 nitrogen and oxygen atoms in total. The first-order valence-electron chi connectivity index (χ1n) is 6.75. The second kappa shape index (κ2) is 6.01. The number of alkyl halides is 1. The quantitative estimate of drug-likeness (QED) is 0.795. The Morgan fingerprint density at radius 2 is 1.77 bits per heavy atom. The maximum Gasteiger partial charge on any atom is 0.153 e. The third-order valence-electron chi connectivity index (χ3n) is 3.57. The smallest absolute Gasteiger partial charge is 0.153 e. The highest BCUT2D eigenvalue weighted by molar-refractivity contribution is 9.09. The van der Waals surface area contributed by atoms with Crippen LogP contribution >= 0.6 is 15.9 Å². The van der Waals surface area contributed by atoms with E-state index in [9.17, 15) is 8.78 Å². The predicted molar refractivity (Wildman–Crippen MR) is 87.0 cm³/mol. The number of hydrogen-bond donors (Lipinski definition) is 1. The summed E-state index contributed by atoms with van der Waals surface area (Å²) in [6.45, 7) is 3.91. The zero-order valence-electron chi connectivity index (χ0n) is 11.6. The number of nitrogens with one attached hydrogen (secondary N) is 1. The number of nitrogens with zero attached hydrogens (tertiary/aromatic N) is 1. The van der Waals surface area contributed by atoms with Crippen molar-refractivity contribution in [3.8, 4) is 0 Å². The summed E-state index contributed by atoms with van der Waals surface area (Å²) in [6, 6.07) is 9.53. The van der Waals surface area contributed by atoms with E-state index in [-0.39, 0.29) is 10.4 Å². The van der Waals surface area contributed by atoms with Gasteiger partial charge in [-0.25, -0.2) is 8.78 Å². The lowest BCUT2D eigenvalue weighted by Crippen LogP contribution is -2.26. The minimum absolute atomic E-state index is 0.000541. The van der Waals surface area contributed by atoms with E-state index in [1.54, 1.807) is 0 Å². The van der Waals surface area contributed by atoms with Crippen LogP contribution < -0.4 is 5.32 Å². The van der Waals surface area contributed by atoms with Crippen LogP contribution in [0, 0.1) is 11.6 Å². The maximum atomic E-state index is 14.1. The van der Waals surface area contributed by atoms with Crippen molar-refractivity contribution in [2.75, 3.05) is 0 Å². The number of aromatic nitrogens is 1. The molecule has 3 rings (SSSR count). The van der Waals surface area contributed by atoms with E-state index in [2.05, 4.69) is 32.8 Å². The van der Waals surface area contributed by atoms with Crippen LogP contribution in [0.25, 0.3) is 11.3 Å². The Bertz CT molecular complexity index is 736. The lowest BCUT2D eigenvalue weighted by Gasteiger charge is -2.28. The molecule has 1 unspecified atom stereocenters. The average Bonchev–Trinajstić information content (AvgIpc) is 2.51. The summed E-state index contributed by atoms with van der Waals surface area (Å²) in [5.41, 5.74) is 2.72. The molecule has 1 atom stereocenters. The van der Waals surface area contributed by atoms with Crippen LogP contribution in [0.5, 0.6) is 0 Å². The summed E-state index contributed by atoms with van der Waals surface area (Å²) in [7, 11) is 0. The molecule has 0 radical (unpaired) electrons. The number of pyridine rings is 1. The first-order valence-corrected chi connectivity index (χ1v) is 7.67. The van der Waals surface area contributed by atoms with E-state index in [0.717, 1.165) is 23.5 Å². The zero-order valence-corrected chi connectivity index (χ0v) is 13.2. The summed E-state index contributed by atoms with van der Waals surface area (Å²) in [6.07, 6.45) is 2.61. The Morgan fingerprint density at radius 1 is 1.14 bits per heavy atom. The molecule has 0 aliphatic carbocycles. The predicted octanol–water partition coefficient (Wildman–Crippen LogP) is 4.50. The van der Waals surface area contributed by atoms with Gasteiger partial charge in [0.15, 0.2) is 11.6 Å². The van der Waals surface area contributed by atoms with Crippen LogP contribution in [0.3, 0.4) is 0 Å². The second-order valence-electron chi connectivity index (χ2n) is 5.02. The van der Waals surface area contributed by atoms with Gasteiger partial charge in [0.05, 0.1) is 28.5 Å². The highest BCUT2D eigenvalue weighted by atomic mass is 79.9. The van der Waals surface area contributed by atoms with Gasteiger partial charge >= 0.3 is 0 Å². The normalized spacial score (nSPS) is 18.3. The van der Waals surface area contributed by atoms with Crippen LogP contribution in [0.15, 0.2) is 55.0 Å². The van der Waals surface area contributed by atoms with Crippen molar-refractivity contribution in [1.29, 1.82) is 0 Å². The molecular formula is C17H13BrF2N2. The topological polar surface area (TPSA) is 24.9 Å². The van der Waals surface area contributed by atoms with Gasteiger partial charge in [0, 0.05) is 5.70 Å². The molecule has 5 heteroatoms. The van der Waals surface area contributed by atoms with Crippen LogP contribution in [-0.2, 0) is 0 Å². The summed E-state index contributed by atoms with van der Waals surface area (Å²) in [5, 5.41) is 3.04. The van der Waals surface area contributed by atoms with E-state index < -0.39 is 11.6 Å². The molecule has 2 aromatic rings. The second-order valence-corrected chi connectivity index (χ2v) is 6.12. The van der Waals surface area contributed by atoms with Gasteiger partial charge in [0.25, 0.3) is 0 Å². The van der Waals surface area contributed by atoms with Crippen molar-refractivity contribution < 1.29 is 8.78 Å². The van der Waals surface area contributed by atoms with E-state index in [1.165, 1.54) is 0 Å². The number of benzene rings is 1. The summed E-state index contributed by atoms with van der Waals surface area (Å²) in [4.78, 5) is 3.54. The van der Waals surface area contributed by atoms with Crippen LogP contribution in [0.4, 0.5) is 8.78 Å². The fourth-order valence-electron chi connectivity index (χ4n) is 2.48. The maximum absolute atomic E-state index is 14.1. The molecule has 22 heavy (non-hydrogen) atoms. The van der Waals surface area contributed by atoms with Crippen LogP contribution in [0.1, 0.15) is 17.5 Å². The molecule has 112 valence electrons. The third kappa shape index (κ3) is 2.68. The van der Waals surface area contributed by atoms with E-state index >= 15 is 0 Å². The van der Waals surface area contributed by atoms with Gasteiger partial charge in [-0.15, -0.1) is 0 Å². The Hall–Kier alpha value is -2.01. The largest absolute Gasteiger partial charge is 0.358 e. The van der Waals surface area contributed by atoms with Gasteiger partial charge in [0.1, 0.15) is 0 Å². The van der Waals surface area contributed by atoms with E-state index in [0.29, 0.717) is 17.8 Å². The van der Waals surface area contributed by atoms with Gasteiger partial charge in [-0.3, -0.25) is 4.98 Å². The van der Waals surface area contributed by atoms with Gasteiger partial charge < -0.3 is 5.32 Å². The van der Waals surface area contributed by atoms with Crippen LogP contribution in [0.2, 0.25) is 0 Å². The Kier molecular flexibility index (Phi) is 4.07. The molecule has 1 aliphatic heterocycles. The van der Waals surface area contributed by atoms with E-state index in [4.69, 9.17) is 0 Å². The van der Waals surface area contributed by atoms with Crippen molar-refractivity contribution in [1.82, 2.24) is 10.3 Å². The van der Waals surface area contributed by atoms with Crippen molar-refractivity contribution in [2.45, 2.75) is 11.2 Å². The Labute approximate surface area is 135 Å². The van der Waals surface area contributed by atoms with E-state index in [1.807, 2.05) is 30.3 Å². The standard InChI is InChI=1S/C17H13BrF2N2/c1-10-13(18)7-12(11-5-3-2-4-6-11)17(22-10)16-14(19)8-21-9-15(16)20/h2-6,8-9,13,22H,1,7H2. The zero-order chi connectivity index (χ0) is 15.7. The summed E-state index contributed by atoms with van der Waals surface area (Å²) in [5.74, 6) is -1.39. The van der Waals surface area contributed by atoms with Crippen molar-refractivity contribution >= 4 is 27.2 Å². The number of rotatable bonds is 2. The Balaban J connectivity index is 2.24. The highest BCUT2D eigenvalue weighted by Gasteiger charge is 2.27. The molecule has 0 bridgehead atoms.